The molecule has 0 bridgehead atoms. The molecule has 0 N–H and O–H groups in total. The average Bonchev–Trinajstić information content (AvgIpc) is 2.48. The zero-order valence-electron chi connectivity index (χ0n) is 9.58. The monoisotopic (exact) mass is 209 g/mol. The normalized spacial score (nSPS) is 39.9. The van der Waals surface area contributed by atoms with Crippen molar-refractivity contribution in [2.24, 2.45) is 0 Å². The third-order valence-electron chi connectivity index (χ3n) is 4.15. The van der Waals surface area contributed by atoms with Gasteiger partial charge in [0, 0.05) is 6.54 Å². The van der Waals surface area contributed by atoms with Gasteiger partial charge in [0.2, 0.25) is 0 Å². The van der Waals surface area contributed by atoms with E-state index in [1.807, 2.05) is 11.0 Å². The first kappa shape index (κ1) is 10.5. The summed E-state index contributed by atoms with van der Waals surface area (Å²) < 4.78 is 5.57. The summed E-state index contributed by atoms with van der Waals surface area (Å²) in [5, 5.41) is 0. The minimum absolute atomic E-state index is 0.168. The minimum Gasteiger partial charge on any atom is -0.436 e. The Morgan fingerprint density at radius 3 is 2.93 bits per heavy atom. The maximum absolute atomic E-state index is 11.8. The van der Waals surface area contributed by atoms with Crippen LogP contribution in [0.1, 0.15) is 39.5 Å². The number of nitrogens with zero attached hydrogens (tertiary/aromatic N) is 1. The third-order valence-corrected chi connectivity index (χ3v) is 4.15. The van der Waals surface area contributed by atoms with Crippen molar-refractivity contribution in [1.29, 1.82) is 0 Å². The van der Waals surface area contributed by atoms with Gasteiger partial charge in [-0.1, -0.05) is 13.5 Å². The molecule has 3 heteroatoms. The summed E-state index contributed by atoms with van der Waals surface area (Å²) in [6.07, 6.45) is 5.71. The number of fused-ring (bicyclic) bond motifs is 1. The molecule has 2 rings (SSSR count). The van der Waals surface area contributed by atoms with Crippen molar-refractivity contribution >= 4 is 6.09 Å². The average molecular weight is 209 g/mol. The number of carbonyl (C=O) groups excluding carboxylic acids is 1. The van der Waals surface area contributed by atoms with Crippen molar-refractivity contribution in [3.05, 3.63) is 12.7 Å². The van der Waals surface area contributed by atoms with Crippen LogP contribution in [0.3, 0.4) is 0 Å². The van der Waals surface area contributed by atoms with E-state index in [-0.39, 0.29) is 11.6 Å². The van der Waals surface area contributed by atoms with E-state index in [9.17, 15) is 4.79 Å². The molecule has 0 unspecified atom stereocenters. The molecule has 1 amide bonds. The van der Waals surface area contributed by atoms with Crippen molar-refractivity contribution < 1.29 is 9.53 Å². The number of hydrogen-bond donors (Lipinski definition) is 0. The molecule has 0 aromatic rings. The molecular formula is C12H19NO2. The van der Waals surface area contributed by atoms with E-state index in [0.717, 1.165) is 25.8 Å². The van der Waals surface area contributed by atoms with Crippen LogP contribution < -0.4 is 0 Å². The van der Waals surface area contributed by atoms with Gasteiger partial charge in [0.1, 0.15) is 0 Å². The molecule has 3 nitrogen and oxygen atoms in total. The molecule has 0 saturated carbocycles. The van der Waals surface area contributed by atoms with E-state index >= 15 is 0 Å². The molecular weight excluding hydrogens is 190 g/mol. The fourth-order valence-corrected chi connectivity index (χ4v) is 3.03. The van der Waals surface area contributed by atoms with Gasteiger partial charge >= 0.3 is 6.09 Å². The summed E-state index contributed by atoms with van der Waals surface area (Å²) in [7, 11) is 0. The molecule has 0 radical (unpaired) electrons. The number of hydrogen-bond acceptors (Lipinski definition) is 2. The van der Waals surface area contributed by atoms with Crippen LogP contribution in [0.25, 0.3) is 0 Å². The van der Waals surface area contributed by atoms with E-state index in [0.29, 0.717) is 0 Å². The highest BCUT2D eigenvalue weighted by Gasteiger charge is 2.60. The lowest BCUT2D eigenvalue weighted by Crippen LogP contribution is -2.57. The lowest BCUT2D eigenvalue weighted by molar-refractivity contribution is 0.0162. The lowest BCUT2D eigenvalue weighted by atomic mass is 9.74. The molecule has 0 aromatic carbocycles. The number of piperidine rings is 1. The van der Waals surface area contributed by atoms with Crippen molar-refractivity contribution in [2.75, 3.05) is 6.54 Å². The van der Waals surface area contributed by atoms with Crippen molar-refractivity contribution in [2.45, 2.75) is 50.7 Å². The zero-order chi connectivity index (χ0) is 11.1. The van der Waals surface area contributed by atoms with Gasteiger partial charge in [-0.05, 0) is 38.7 Å². The van der Waals surface area contributed by atoms with Crippen LogP contribution in [0.2, 0.25) is 0 Å². The largest absolute Gasteiger partial charge is 0.436 e. The molecule has 2 aliphatic heterocycles. The Labute approximate surface area is 91.1 Å². The van der Waals surface area contributed by atoms with Crippen molar-refractivity contribution in [3.63, 3.8) is 0 Å². The van der Waals surface area contributed by atoms with E-state index in [1.54, 1.807) is 0 Å². The highest BCUT2D eigenvalue weighted by atomic mass is 16.6. The molecule has 15 heavy (non-hydrogen) atoms. The fourth-order valence-electron chi connectivity index (χ4n) is 3.03. The number of ether oxygens (including phenoxy) is 1. The second-order valence-electron chi connectivity index (χ2n) is 4.70. The van der Waals surface area contributed by atoms with Gasteiger partial charge in [-0.25, -0.2) is 4.79 Å². The van der Waals surface area contributed by atoms with Gasteiger partial charge in [0.15, 0.2) is 5.60 Å². The Balaban J connectivity index is 2.43. The number of amides is 1. The Bertz CT molecular complexity index is 302. The number of rotatable bonds is 2. The molecule has 2 aliphatic rings. The second-order valence-corrected chi connectivity index (χ2v) is 4.70. The van der Waals surface area contributed by atoms with Gasteiger partial charge in [-0.2, -0.15) is 0 Å². The van der Waals surface area contributed by atoms with E-state index < -0.39 is 5.60 Å². The summed E-state index contributed by atoms with van der Waals surface area (Å²) in [4.78, 5) is 13.7. The topological polar surface area (TPSA) is 29.5 Å². The Hall–Kier alpha value is -0.990. The SMILES string of the molecule is C=C[C@@]1(CC)OC(=O)N2CCCC[C@]21C. The highest BCUT2D eigenvalue weighted by Crippen LogP contribution is 2.47. The molecule has 2 saturated heterocycles. The molecule has 2 heterocycles. The van der Waals surface area contributed by atoms with Crippen LogP contribution in [0, 0.1) is 0 Å². The summed E-state index contributed by atoms with van der Waals surface area (Å²) in [6, 6.07) is 0. The quantitative estimate of drug-likeness (QED) is 0.654. The summed E-state index contributed by atoms with van der Waals surface area (Å²) in [6.45, 7) is 8.86. The van der Waals surface area contributed by atoms with Crippen LogP contribution in [0.5, 0.6) is 0 Å². The van der Waals surface area contributed by atoms with Gasteiger partial charge in [0.25, 0.3) is 0 Å². The fraction of sp³-hybridized carbons (Fsp3) is 0.750. The molecule has 84 valence electrons. The maximum atomic E-state index is 11.8. The van der Waals surface area contributed by atoms with Crippen LogP contribution in [-0.4, -0.2) is 28.7 Å². The Morgan fingerprint density at radius 2 is 2.33 bits per heavy atom. The van der Waals surface area contributed by atoms with Crippen molar-refractivity contribution in [1.82, 2.24) is 4.90 Å². The highest BCUT2D eigenvalue weighted by molar-refractivity contribution is 5.73. The van der Waals surface area contributed by atoms with Gasteiger partial charge in [-0.15, -0.1) is 0 Å². The smallest absolute Gasteiger partial charge is 0.411 e. The van der Waals surface area contributed by atoms with E-state index in [4.69, 9.17) is 4.74 Å². The Kier molecular flexibility index (Phi) is 2.28. The second kappa shape index (κ2) is 3.26. The van der Waals surface area contributed by atoms with Crippen LogP contribution in [0.15, 0.2) is 12.7 Å². The molecule has 0 spiro atoms. The Morgan fingerprint density at radius 1 is 1.60 bits per heavy atom. The summed E-state index contributed by atoms with van der Waals surface area (Å²) in [5.41, 5.74) is -0.663. The van der Waals surface area contributed by atoms with Crippen LogP contribution in [0.4, 0.5) is 4.79 Å². The summed E-state index contributed by atoms with van der Waals surface area (Å²) in [5.74, 6) is 0. The maximum Gasteiger partial charge on any atom is 0.411 e. The number of cyclic esters (lactones) is 1. The van der Waals surface area contributed by atoms with Crippen LogP contribution in [-0.2, 0) is 4.74 Å². The standard InChI is InChI=1S/C12H19NO2/c1-4-12(5-2)11(3)8-6-7-9-13(11)10(14)15-12/h4H,1,5-9H2,2-3H3/t11-,12-/m0/s1. The molecule has 2 atom stereocenters. The summed E-state index contributed by atoms with van der Waals surface area (Å²) >= 11 is 0. The molecule has 2 fully saturated rings. The molecule has 0 aromatic heterocycles. The number of carbonyl (C=O) groups is 1. The van der Waals surface area contributed by atoms with Gasteiger partial charge in [0.05, 0.1) is 5.54 Å². The third kappa shape index (κ3) is 1.15. The minimum atomic E-state index is -0.482. The predicted molar refractivity (Wildman–Crippen MR) is 58.7 cm³/mol. The first-order valence-electron chi connectivity index (χ1n) is 5.74. The lowest BCUT2D eigenvalue weighted by Gasteiger charge is -2.44. The van der Waals surface area contributed by atoms with Crippen molar-refractivity contribution in [3.8, 4) is 0 Å². The van der Waals surface area contributed by atoms with E-state index in [2.05, 4.69) is 20.4 Å². The first-order chi connectivity index (χ1) is 7.09. The zero-order valence-corrected chi connectivity index (χ0v) is 9.58. The predicted octanol–water partition coefficient (Wildman–Crippen LogP) is 2.72. The first-order valence-corrected chi connectivity index (χ1v) is 5.74. The van der Waals surface area contributed by atoms with Gasteiger partial charge < -0.3 is 4.74 Å². The molecule has 0 aliphatic carbocycles. The van der Waals surface area contributed by atoms with Crippen LogP contribution >= 0.6 is 0 Å². The van der Waals surface area contributed by atoms with E-state index in [1.165, 1.54) is 6.42 Å². The van der Waals surface area contributed by atoms with Gasteiger partial charge in [-0.3, -0.25) is 4.90 Å².